The van der Waals surface area contributed by atoms with Gasteiger partial charge in [-0.1, -0.05) is 11.6 Å². The summed E-state index contributed by atoms with van der Waals surface area (Å²) in [6.07, 6.45) is 5.35. The quantitative estimate of drug-likeness (QED) is 0.773. The van der Waals surface area contributed by atoms with Crippen LogP contribution in [0.15, 0.2) is 30.0 Å². The monoisotopic (exact) mass is 217 g/mol. The maximum absolute atomic E-state index is 5.77. The molecule has 0 aliphatic carbocycles. The zero-order valence-corrected chi connectivity index (χ0v) is 9.98. The van der Waals surface area contributed by atoms with Crippen LogP contribution in [0.5, 0.6) is 0 Å². The molecule has 1 aliphatic rings. The molecule has 0 amide bonds. The van der Waals surface area contributed by atoms with Gasteiger partial charge < -0.3 is 10.6 Å². The van der Waals surface area contributed by atoms with Gasteiger partial charge in [-0.15, -0.1) is 0 Å². The third-order valence-corrected chi connectivity index (χ3v) is 3.04. The van der Waals surface area contributed by atoms with E-state index in [2.05, 4.69) is 29.0 Å². The first-order valence-electron chi connectivity index (χ1n) is 5.79. The van der Waals surface area contributed by atoms with E-state index in [0.29, 0.717) is 0 Å². The number of hydrogen-bond acceptors (Lipinski definition) is 3. The lowest BCUT2D eigenvalue weighted by molar-refractivity contribution is 0.766. The number of anilines is 1. The van der Waals surface area contributed by atoms with E-state index in [-0.39, 0.29) is 6.04 Å². The van der Waals surface area contributed by atoms with Crippen molar-refractivity contribution >= 4 is 5.69 Å². The lowest BCUT2D eigenvalue weighted by Gasteiger charge is -2.27. The second-order valence-electron chi connectivity index (χ2n) is 4.48. The Labute approximate surface area is 97.0 Å². The van der Waals surface area contributed by atoms with E-state index in [1.807, 2.05) is 19.2 Å². The average Bonchev–Trinajstić information content (AvgIpc) is 2.30. The summed E-state index contributed by atoms with van der Waals surface area (Å²) in [5, 5.41) is 0. The van der Waals surface area contributed by atoms with E-state index in [9.17, 15) is 0 Å². The molecular formula is C13H19N3. The fraction of sp³-hybridized carbons (Fsp3) is 0.462. The number of rotatable bonds is 2. The van der Waals surface area contributed by atoms with Gasteiger partial charge in [0.1, 0.15) is 0 Å². The highest BCUT2D eigenvalue weighted by Crippen LogP contribution is 2.19. The number of pyridine rings is 1. The highest BCUT2D eigenvalue weighted by atomic mass is 15.1. The SMILES string of the molecule is CC1=CCN(c2ccc([C@@H](C)N)nc2)CC1. The molecular weight excluding hydrogens is 198 g/mol. The molecule has 0 spiro atoms. The predicted molar refractivity (Wildman–Crippen MR) is 67.4 cm³/mol. The van der Waals surface area contributed by atoms with E-state index in [0.717, 1.165) is 25.2 Å². The Morgan fingerprint density at radius 1 is 1.44 bits per heavy atom. The van der Waals surface area contributed by atoms with Crippen molar-refractivity contribution in [1.29, 1.82) is 0 Å². The smallest absolute Gasteiger partial charge is 0.0569 e. The topological polar surface area (TPSA) is 42.1 Å². The Morgan fingerprint density at radius 2 is 2.25 bits per heavy atom. The maximum Gasteiger partial charge on any atom is 0.0569 e. The summed E-state index contributed by atoms with van der Waals surface area (Å²) < 4.78 is 0. The second-order valence-corrected chi connectivity index (χ2v) is 4.48. The van der Waals surface area contributed by atoms with Gasteiger partial charge in [-0.05, 0) is 32.4 Å². The largest absolute Gasteiger partial charge is 0.366 e. The molecule has 2 N–H and O–H groups in total. The van der Waals surface area contributed by atoms with Crippen LogP contribution >= 0.6 is 0 Å². The van der Waals surface area contributed by atoms with Crippen LogP contribution in [0.25, 0.3) is 0 Å². The van der Waals surface area contributed by atoms with Crippen LogP contribution in [0, 0.1) is 0 Å². The first-order chi connectivity index (χ1) is 7.66. The molecule has 0 fully saturated rings. The summed E-state index contributed by atoms with van der Waals surface area (Å²) in [7, 11) is 0. The molecule has 1 aromatic rings. The molecule has 1 aromatic heterocycles. The van der Waals surface area contributed by atoms with Crippen LogP contribution in [0.1, 0.15) is 32.0 Å². The Kier molecular flexibility index (Phi) is 3.25. The van der Waals surface area contributed by atoms with Gasteiger partial charge in [-0.25, -0.2) is 0 Å². The number of aromatic nitrogens is 1. The van der Waals surface area contributed by atoms with E-state index < -0.39 is 0 Å². The van der Waals surface area contributed by atoms with Crippen LogP contribution < -0.4 is 10.6 Å². The summed E-state index contributed by atoms with van der Waals surface area (Å²) in [5.74, 6) is 0. The molecule has 2 rings (SSSR count). The van der Waals surface area contributed by atoms with Crippen molar-refractivity contribution < 1.29 is 0 Å². The van der Waals surface area contributed by atoms with Crippen molar-refractivity contribution in [2.45, 2.75) is 26.3 Å². The molecule has 3 heteroatoms. The van der Waals surface area contributed by atoms with Crippen molar-refractivity contribution in [3.8, 4) is 0 Å². The van der Waals surface area contributed by atoms with Gasteiger partial charge in [0, 0.05) is 19.1 Å². The number of hydrogen-bond donors (Lipinski definition) is 1. The fourth-order valence-electron chi connectivity index (χ4n) is 1.86. The standard InChI is InChI=1S/C13H19N3/c1-10-5-7-16(8-6-10)12-3-4-13(11(2)14)15-9-12/h3-5,9,11H,6-8,14H2,1-2H3/t11-/m1/s1. The molecule has 0 unspecified atom stereocenters. The van der Waals surface area contributed by atoms with Crippen molar-refractivity contribution in [3.05, 3.63) is 35.7 Å². The zero-order chi connectivity index (χ0) is 11.5. The lowest BCUT2D eigenvalue weighted by Crippen LogP contribution is -2.28. The Morgan fingerprint density at radius 3 is 2.75 bits per heavy atom. The summed E-state index contributed by atoms with van der Waals surface area (Å²) >= 11 is 0. The lowest BCUT2D eigenvalue weighted by atomic mass is 10.1. The van der Waals surface area contributed by atoms with Gasteiger partial charge in [-0.2, -0.15) is 0 Å². The Balaban J connectivity index is 2.10. The molecule has 2 heterocycles. The van der Waals surface area contributed by atoms with Gasteiger partial charge in [0.15, 0.2) is 0 Å². The van der Waals surface area contributed by atoms with Gasteiger partial charge in [0.2, 0.25) is 0 Å². The zero-order valence-electron chi connectivity index (χ0n) is 9.98. The third kappa shape index (κ3) is 2.42. The van der Waals surface area contributed by atoms with Crippen LogP contribution in [0.3, 0.4) is 0 Å². The minimum Gasteiger partial charge on any atom is -0.366 e. The predicted octanol–water partition coefficient (Wildman–Crippen LogP) is 2.26. The van der Waals surface area contributed by atoms with E-state index in [4.69, 9.17) is 5.73 Å². The Hall–Kier alpha value is -1.35. The first kappa shape index (κ1) is 11.1. The third-order valence-electron chi connectivity index (χ3n) is 3.04. The molecule has 0 aromatic carbocycles. The molecule has 0 bridgehead atoms. The molecule has 86 valence electrons. The molecule has 1 aliphatic heterocycles. The normalized spacial score (nSPS) is 18.2. The molecule has 0 radical (unpaired) electrons. The first-order valence-corrected chi connectivity index (χ1v) is 5.79. The maximum atomic E-state index is 5.77. The summed E-state index contributed by atoms with van der Waals surface area (Å²) in [6, 6.07) is 4.14. The fourth-order valence-corrected chi connectivity index (χ4v) is 1.86. The molecule has 0 saturated heterocycles. The van der Waals surface area contributed by atoms with E-state index in [1.165, 1.54) is 11.3 Å². The van der Waals surface area contributed by atoms with Crippen molar-refractivity contribution in [3.63, 3.8) is 0 Å². The average molecular weight is 217 g/mol. The highest BCUT2D eigenvalue weighted by Gasteiger charge is 2.10. The van der Waals surface area contributed by atoms with Crippen molar-refractivity contribution in [2.24, 2.45) is 5.73 Å². The van der Waals surface area contributed by atoms with Crippen LogP contribution in [-0.2, 0) is 0 Å². The molecule has 3 nitrogen and oxygen atoms in total. The van der Waals surface area contributed by atoms with Gasteiger partial charge in [0.25, 0.3) is 0 Å². The Bertz CT molecular complexity index is 379. The van der Waals surface area contributed by atoms with Crippen LogP contribution in [-0.4, -0.2) is 18.1 Å². The van der Waals surface area contributed by atoms with Gasteiger partial charge >= 0.3 is 0 Å². The van der Waals surface area contributed by atoms with E-state index in [1.54, 1.807) is 0 Å². The van der Waals surface area contributed by atoms with Crippen molar-refractivity contribution in [2.75, 3.05) is 18.0 Å². The minimum atomic E-state index is 0.0116. The molecule has 0 saturated carbocycles. The highest BCUT2D eigenvalue weighted by molar-refractivity contribution is 5.46. The van der Waals surface area contributed by atoms with Gasteiger partial charge in [-0.3, -0.25) is 4.98 Å². The van der Waals surface area contributed by atoms with Crippen LogP contribution in [0.2, 0.25) is 0 Å². The van der Waals surface area contributed by atoms with Crippen LogP contribution in [0.4, 0.5) is 5.69 Å². The number of nitrogens with zero attached hydrogens (tertiary/aromatic N) is 2. The summed E-state index contributed by atoms with van der Waals surface area (Å²) in [6.45, 7) is 6.22. The summed E-state index contributed by atoms with van der Waals surface area (Å²) in [4.78, 5) is 6.72. The minimum absolute atomic E-state index is 0.0116. The summed E-state index contributed by atoms with van der Waals surface area (Å²) in [5.41, 5.74) is 9.40. The molecule has 1 atom stereocenters. The van der Waals surface area contributed by atoms with Gasteiger partial charge in [0.05, 0.1) is 17.6 Å². The van der Waals surface area contributed by atoms with Crippen molar-refractivity contribution in [1.82, 2.24) is 4.98 Å². The number of nitrogens with two attached hydrogens (primary N) is 1. The second kappa shape index (κ2) is 4.66. The molecule has 16 heavy (non-hydrogen) atoms. The van der Waals surface area contributed by atoms with E-state index >= 15 is 0 Å².